The lowest BCUT2D eigenvalue weighted by Gasteiger charge is -2.12. The molecule has 0 aliphatic carbocycles. The number of pyridine rings is 1. The van der Waals surface area contributed by atoms with E-state index in [1.807, 2.05) is 6.07 Å². The molecule has 120 valence electrons. The monoisotopic (exact) mass is 297 g/mol. The van der Waals surface area contributed by atoms with E-state index >= 15 is 0 Å². The minimum atomic E-state index is 0.437. The number of anilines is 2. The van der Waals surface area contributed by atoms with Gasteiger partial charge in [0.05, 0.1) is 25.5 Å². The molecule has 0 fully saturated rings. The molecule has 0 saturated heterocycles. The molecule has 3 N–H and O–H groups in total. The summed E-state index contributed by atoms with van der Waals surface area (Å²) in [6, 6.07) is 3.66. The Morgan fingerprint density at radius 1 is 1.24 bits per heavy atom. The number of nitrogen functional groups attached to an aromatic ring is 1. The fourth-order valence-electron chi connectivity index (χ4n) is 1.55. The molecule has 1 rings (SSSR count). The van der Waals surface area contributed by atoms with E-state index in [9.17, 15) is 0 Å². The van der Waals surface area contributed by atoms with Crippen LogP contribution >= 0.6 is 0 Å². The first kappa shape index (κ1) is 17.5. The van der Waals surface area contributed by atoms with Crippen molar-refractivity contribution in [2.24, 2.45) is 5.92 Å². The average Bonchev–Trinajstić information content (AvgIpc) is 2.46. The largest absolute Gasteiger partial charge is 0.476 e. The van der Waals surface area contributed by atoms with Gasteiger partial charge in [0.15, 0.2) is 0 Å². The maximum absolute atomic E-state index is 5.85. The summed E-state index contributed by atoms with van der Waals surface area (Å²) in [7, 11) is 1.66. The van der Waals surface area contributed by atoms with Crippen LogP contribution in [0, 0.1) is 5.92 Å². The molecule has 0 aliphatic rings. The first-order valence-electron chi connectivity index (χ1n) is 7.33. The lowest BCUT2D eigenvalue weighted by Crippen LogP contribution is -2.11. The molecule has 0 saturated carbocycles. The lowest BCUT2D eigenvalue weighted by molar-refractivity contribution is 0.0705. The molecule has 0 bridgehead atoms. The first-order valence-corrected chi connectivity index (χ1v) is 7.33. The predicted molar refractivity (Wildman–Crippen MR) is 84.8 cm³/mol. The van der Waals surface area contributed by atoms with Gasteiger partial charge in [-0.3, -0.25) is 0 Å². The van der Waals surface area contributed by atoms with Crippen molar-refractivity contribution in [2.45, 2.75) is 20.3 Å². The summed E-state index contributed by atoms with van der Waals surface area (Å²) in [5, 5.41) is 3.23. The van der Waals surface area contributed by atoms with Crippen LogP contribution < -0.4 is 15.8 Å². The number of rotatable bonds is 11. The molecule has 6 nitrogen and oxygen atoms in total. The van der Waals surface area contributed by atoms with E-state index < -0.39 is 0 Å². The molecular weight excluding hydrogens is 270 g/mol. The molecule has 21 heavy (non-hydrogen) atoms. The summed E-state index contributed by atoms with van der Waals surface area (Å²) in [6.45, 7) is 7.51. The van der Waals surface area contributed by atoms with Crippen molar-refractivity contribution in [1.29, 1.82) is 0 Å². The summed E-state index contributed by atoms with van der Waals surface area (Å²) in [6.07, 6.45) is 0.901. The first-order chi connectivity index (χ1) is 10.1. The Hall–Kier alpha value is -1.53. The van der Waals surface area contributed by atoms with E-state index in [-0.39, 0.29) is 0 Å². The molecule has 0 spiro atoms. The zero-order valence-electron chi connectivity index (χ0n) is 13.2. The minimum absolute atomic E-state index is 0.437. The van der Waals surface area contributed by atoms with Crippen LogP contribution in [0.4, 0.5) is 11.5 Å². The molecule has 6 heteroatoms. The zero-order valence-corrected chi connectivity index (χ0v) is 13.2. The highest BCUT2D eigenvalue weighted by atomic mass is 16.5. The number of nitrogens with one attached hydrogen (secondary N) is 1. The van der Waals surface area contributed by atoms with Gasteiger partial charge in [0.25, 0.3) is 0 Å². The van der Waals surface area contributed by atoms with Crippen LogP contribution in [-0.2, 0) is 9.47 Å². The normalized spacial score (nSPS) is 10.9. The van der Waals surface area contributed by atoms with Gasteiger partial charge in [-0.2, -0.15) is 4.98 Å². The topological polar surface area (TPSA) is 78.6 Å². The third-order valence-corrected chi connectivity index (χ3v) is 2.65. The van der Waals surface area contributed by atoms with Gasteiger partial charge in [0.2, 0.25) is 5.88 Å². The Labute approximate surface area is 127 Å². The Bertz CT molecular complexity index is 400. The summed E-state index contributed by atoms with van der Waals surface area (Å²) in [4.78, 5) is 4.37. The van der Waals surface area contributed by atoms with Crippen LogP contribution in [0.3, 0.4) is 0 Å². The van der Waals surface area contributed by atoms with E-state index in [0.29, 0.717) is 43.9 Å². The summed E-state index contributed by atoms with van der Waals surface area (Å²) < 4.78 is 15.9. The van der Waals surface area contributed by atoms with Crippen LogP contribution in [0.1, 0.15) is 20.3 Å². The van der Waals surface area contributed by atoms with Crippen molar-refractivity contribution in [3.05, 3.63) is 12.1 Å². The number of hydrogen-bond donors (Lipinski definition) is 2. The average molecular weight is 297 g/mol. The van der Waals surface area contributed by atoms with Crippen molar-refractivity contribution in [1.82, 2.24) is 4.98 Å². The van der Waals surface area contributed by atoms with Crippen molar-refractivity contribution < 1.29 is 14.2 Å². The molecule has 0 aliphatic heterocycles. The molecular formula is C15H27N3O3. The van der Waals surface area contributed by atoms with E-state index in [4.69, 9.17) is 19.9 Å². The number of nitrogens with two attached hydrogens (primary N) is 1. The third kappa shape index (κ3) is 7.72. The predicted octanol–water partition coefficient (Wildman–Crippen LogP) is 2.16. The molecule has 0 amide bonds. The second-order valence-corrected chi connectivity index (χ2v) is 5.18. The molecule has 0 atom stereocenters. The fourth-order valence-corrected chi connectivity index (χ4v) is 1.55. The standard InChI is InChI=1S/C15H27N3O3/c1-12(2)11-21-15-13(16)5-6-14(18-15)17-7-4-8-20-10-9-19-3/h5-6,12H,4,7-11,16H2,1-3H3,(H,17,18). The van der Waals surface area contributed by atoms with E-state index in [0.717, 1.165) is 18.8 Å². The maximum atomic E-state index is 5.85. The Kier molecular flexibility index (Phi) is 8.54. The molecule has 0 radical (unpaired) electrons. The van der Waals surface area contributed by atoms with Crippen LogP contribution in [-0.4, -0.2) is 45.1 Å². The summed E-state index contributed by atoms with van der Waals surface area (Å²) in [5.41, 5.74) is 6.41. The lowest BCUT2D eigenvalue weighted by atomic mass is 10.2. The second kappa shape index (κ2) is 10.2. The molecule has 1 heterocycles. The molecule has 1 aromatic rings. The Balaban J connectivity index is 2.30. The minimum Gasteiger partial charge on any atom is -0.476 e. The smallest absolute Gasteiger partial charge is 0.239 e. The summed E-state index contributed by atoms with van der Waals surface area (Å²) in [5.74, 6) is 1.69. The highest BCUT2D eigenvalue weighted by Gasteiger charge is 2.05. The molecule has 0 aromatic carbocycles. The van der Waals surface area contributed by atoms with Gasteiger partial charge >= 0.3 is 0 Å². The number of aromatic nitrogens is 1. The SMILES string of the molecule is COCCOCCCNc1ccc(N)c(OCC(C)C)n1. The van der Waals surface area contributed by atoms with Crippen molar-refractivity contribution in [3.63, 3.8) is 0 Å². The number of nitrogens with zero attached hydrogens (tertiary/aromatic N) is 1. The summed E-state index contributed by atoms with van der Waals surface area (Å²) >= 11 is 0. The molecule has 1 aromatic heterocycles. The maximum Gasteiger partial charge on any atom is 0.239 e. The van der Waals surface area contributed by atoms with Gasteiger partial charge in [-0.1, -0.05) is 13.8 Å². The van der Waals surface area contributed by atoms with Crippen LogP contribution in [0.5, 0.6) is 5.88 Å². The van der Waals surface area contributed by atoms with Gasteiger partial charge in [0.1, 0.15) is 5.82 Å². The number of ether oxygens (including phenoxy) is 3. The Morgan fingerprint density at radius 2 is 2.05 bits per heavy atom. The van der Waals surface area contributed by atoms with Crippen LogP contribution in [0.15, 0.2) is 12.1 Å². The van der Waals surface area contributed by atoms with Crippen molar-refractivity contribution in [2.75, 3.05) is 51.1 Å². The third-order valence-electron chi connectivity index (χ3n) is 2.65. The van der Waals surface area contributed by atoms with Crippen molar-refractivity contribution in [3.8, 4) is 5.88 Å². The van der Waals surface area contributed by atoms with Gasteiger partial charge in [-0.25, -0.2) is 0 Å². The quantitative estimate of drug-likeness (QED) is 0.609. The van der Waals surface area contributed by atoms with Crippen LogP contribution in [0.25, 0.3) is 0 Å². The van der Waals surface area contributed by atoms with E-state index in [1.54, 1.807) is 13.2 Å². The number of hydrogen-bond acceptors (Lipinski definition) is 6. The highest BCUT2D eigenvalue weighted by molar-refractivity contribution is 5.53. The fraction of sp³-hybridized carbons (Fsp3) is 0.667. The highest BCUT2D eigenvalue weighted by Crippen LogP contribution is 2.21. The Morgan fingerprint density at radius 3 is 2.76 bits per heavy atom. The van der Waals surface area contributed by atoms with Gasteiger partial charge < -0.3 is 25.3 Å². The van der Waals surface area contributed by atoms with Crippen LogP contribution in [0.2, 0.25) is 0 Å². The zero-order chi connectivity index (χ0) is 15.5. The second-order valence-electron chi connectivity index (χ2n) is 5.18. The van der Waals surface area contributed by atoms with Gasteiger partial charge in [0, 0.05) is 20.3 Å². The van der Waals surface area contributed by atoms with Crippen molar-refractivity contribution >= 4 is 11.5 Å². The van der Waals surface area contributed by atoms with Gasteiger partial charge in [-0.05, 0) is 24.5 Å². The van der Waals surface area contributed by atoms with E-state index in [2.05, 4.69) is 24.1 Å². The van der Waals surface area contributed by atoms with E-state index in [1.165, 1.54) is 0 Å². The van der Waals surface area contributed by atoms with Gasteiger partial charge in [-0.15, -0.1) is 0 Å². The molecule has 0 unspecified atom stereocenters. The number of methoxy groups -OCH3 is 1.